The highest BCUT2D eigenvalue weighted by atomic mass is 16.4. The van der Waals surface area contributed by atoms with Gasteiger partial charge in [-0.05, 0) is 103 Å². The Labute approximate surface area is 200 Å². The molecule has 0 aliphatic heterocycles. The van der Waals surface area contributed by atoms with Gasteiger partial charge in [0.2, 0.25) is 0 Å². The highest BCUT2D eigenvalue weighted by Gasteiger charge is 2.68. The third-order valence-corrected chi connectivity index (χ3v) is 12.6. The summed E-state index contributed by atoms with van der Waals surface area (Å²) in [6.07, 6.45) is 9.62. The van der Waals surface area contributed by atoms with Crippen molar-refractivity contribution < 1.29 is 20.1 Å². The Morgan fingerprint density at radius 2 is 1.64 bits per heavy atom. The fourth-order valence-electron chi connectivity index (χ4n) is 10.3. The largest absolute Gasteiger partial charge is 0.481 e. The zero-order valence-corrected chi connectivity index (χ0v) is 21.7. The molecule has 0 bridgehead atoms. The van der Waals surface area contributed by atoms with Gasteiger partial charge in [-0.1, -0.05) is 53.2 Å². The normalized spacial score (nSPS) is 55.3. The van der Waals surface area contributed by atoms with Crippen molar-refractivity contribution in [3.05, 3.63) is 11.6 Å². The Balaban J connectivity index is 1.59. The van der Waals surface area contributed by atoms with Crippen LogP contribution in [0.5, 0.6) is 0 Å². The molecule has 33 heavy (non-hydrogen) atoms. The summed E-state index contributed by atoms with van der Waals surface area (Å²) in [4.78, 5) is 12.7. The van der Waals surface area contributed by atoms with Crippen LogP contribution in [0, 0.1) is 50.7 Å². The summed E-state index contributed by atoms with van der Waals surface area (Å²) in [5.41, 5.74) is 1.15. The summed E-state index contributed by atoms with van der Waals surface area (Å²) < 4.78 is 0. The summed E-state index contributed by atoms with van der Waals surface area (Å²) in [5.74, 6) is 0.566. The van der Waals surface area contributed by atoms with Crippen LogP contribution in [-0.2, 0) is 4.79 Å². The fraction of sp³-hybridized carbons (Fsp3) is 0.897. The first kappa shape index (κ1) is 23.9. The molecule has 0 heterocycles. The number of carbonyl (C=O) groups is 1. The van der Waals surface area contributed by atoms with E-state index in [1.54, 1.807) is 0 Å². The van der Waals surface area contributed by atoms with E-state index >= 15 is 0 Å². The van der Waals surface area contributed by atoms with Gasteiger partial charge in [0, 0.05) is 0 Å². The maximum Gasteiger partial charge on any atom is 0.310 e. The van der Waals surface area contributed by atoms with Gasteiger partial charge in [0.15, 0.2) is 0 Å². The Kier molecular flexibility index (Phi) is 5.13. The van der Waals surface area contributed by atoms with Gasteiger partial charge in [-0.2, -0.15) is 0 Å². The predicted octanol–water partition coefficient (Wildman–Crippen LogP) is 5.81. The molecule has 186 valence electrons. The maximum absolute atomic E-state index is 12.7. The number of rotatable bonds is 1. The van der Waals surface area contributed by atoms with Gasteiger partial charge < -0.3 is 15.3 Å². The van der Waals surface area contributed by atoms with Gasteiger partial charge >= 0.3 is 5.97 Å². The van der Waals surface area contributed by atoms with Crippen LogP contribution >= 0.6 is 0 Å². The number of aliphatic hydroxyl groups excluding tert-OH is 2. The molecule has 0 radical (unpaired) electrons. The molecule has 0 aromatic rings. The van der Waals surface area contributed by atoms with Gasteiger partial charge in [0.1, 0.15) is 0 Å². The lowest BCUT2D eigenvalue weighted by molar-refractivity contribution is -0.207. The highest BCUT2D eigenvalue weighted by molar-refractivity contribution is 5.76. The molecule has 0 spiro atoms. The maximum atomic E-state index is 12.7. The van der Waals surface area contributed by atoms with Crippen molar-refractivity contribution in [2.24, 2.45) is 50.7 Å². The van der Waals surface area contributed by atoms with E-state index in [0.29, 0.717) is 18.3 Å². The molecule has 4 saturated carbocycles. The molecule has 3 N–H and O–H groups in total. The molecule has 0 aromatic carbocycles. The smallest absolute Gasteiger partial charge is 0.310 e. The number of fused-ring (bicyclic) bond motifs is 7. The minimum atomic E-state index is -0.646. The number of carboxylic acids is 1. The molecular formula is C29H46O4. The van der Waals surface area contributed by atoms with Crippen LogP contribution < -0.4 is 0 Å². The summed E-state index contributed by atoms with van der Waals surface area (Å²) in [6.45, 7) is 14.1. The first-order chi connectivity index (χ1) is 15.2. The number of aliphatic hydroxyl groups is 2. The average molecular weight is 459 g/mol. The second-order valence-corrected chi connectivity index (χ2v) is 14.4. The quantitative estimate of drug-likeness (QED) is 0.433. The van der Waals surface area contributed by atoms with Crippen molar-refractivity contribution in [1.29, 1.82) is 0 Å². The minimum absolute atomic E-state index is 0.00325. The summed E-state index contributed by atoms with van der Waals surface area (Å²) >= 11 is 0. The van der Waals surface area contributed by atoms with E-state index in [0.717, 1.165) is 51.4 Å². The predicted molar refractivity (Wildman–Crippen MR) is 129 cm³/mol. The van der Waals surface area contributed by atoms with Crippen molar-refractivity contribution >= 4 is 5.97 Å². The second-order valence-electron chi connectivity index (χ2n) is 14.4. The van der Waals surface area contributed by atoms with Crippen molar-refractivity contribution in [3.8, 4) is 0 Å². The summed E-state index contributed by atoms with van der Waals surface area (Å²) in [5, 5.41) is 31.9. The highest BCUT2D eigenvalue weighted by Crippen LogP contribution is 2.74. The van der Waals surface area contributed by atoms with Crippen LogP contribution in [0.25, 0.3) is 0 Å². The van der Waals surface area contributed by atoms with Crippen LogP contribution in [-0.4, -0.2) is 33.5 Å². The monoisotopic (exact) mass is 458 g/mol. The Morgan fingerprint density at radius 3 is 2.30 bits per heavy atom. The summed E-state index contributed by atoms with van der Waals surface area (Å²) in [7, 11) is 0. The molecule has 4 nitrogen and oxygen atoms in total. The third-order valence-electron chi connectivity index (χ3n) is 12.6. The molecule has 7 unspecified atom stereocenters. The van der Waals surface area contributed by atoms with Gasteiger partial charge in [-0.15, -0.1) is 0 Å². The van der Waals surface area contributed by atoms with E-state index in [9.17, 15) is 20.1 Å². The van der Waals surface area contributed by atoms with Crippen molar-refractivity contribution in [2.75, 3.05) is 0 Å². The fourth-order valence-corrected chi connectivity index (χ4v) is 10.3. The molecule has 5 rings (SSSR count). The van der Waals surface area contributed by atoms with Crippen LogP contribution in [0.3, 0.4) is 0 Å². The molecule has 5 aliphatic carbocycles. The molecule has 10 atom stereocenters. The number of aliphatic carboxylic acids is 1. The van der Waals surface area contributed by atoms with Crippen LogP contribution in [0.2, 0.25) is 0 Å². The molecule has 5 aliphatic rings. The Hall–Kier alpha value is -0.870. The Bertz CT molecular complexity index is 877. The van der Waals surface area contributed by atoms with Gasteiger partial charge in [-0.25, -0.2) is 0 Å². The minimum Gasteiger partial charge on any atom is -0.481 e. The molecule has 0 aromatic heterocycles. The standard InChI is InChI=1S/C29H46O4/c1-17-18-9-10-28(6)22(26(18,4)16-21(30)23(17)31)8-7-19-20-15-25(2,3)11-13-29(20,24(32)33)14-12-27(19,28)5/h7,17-18,20-23,30-31H,8-16H2,1-6H3,(H,32,33)/t17?,18?,20?,21-,22?,23+,26?,27-,28?,29?/m1/s1. The van der Waals surface area contributed by atoms with E-state index in [4.69, 9.17) is 0 Å². The second kappa shape index (κ2) is 7.09. The van der Waals surface area contributed by atoms with Gasteiger partial charge in [-0.3, -0.25) is 4.79 Å². The van der Waals surface area contributed by atoms with Crippen molar-refractivity contribution in [3.63, 3.8) is 0 Å². The zero-order chi connectivity index (χ0) is 24.2. The third kappa shape index (κ3) is 2.92. The van der Waals surface area contributed by atoms with Crippen molar-refractivity contribution in [1.82, 2.24) is 0 Å². The lowest BCUT2D eigenvalue weighted by Gasteiger charge is -2.70. The number of hydrogen-bond donors (Lipinski definition) is 3. The van der Waals surface area contributed by atoms with Gasteiger partial charge in [0.25, 0.3) is 0 Å². The van der Waals surface area contributed by atoms with E-state index in [1.165, 1.54) is 5.57 Å². The topological polar surface area (TPSA) is 77.8 Å². The lowest BCUT2D eigenvalue weighted by atomic mass is 9.34. The lowest BCUT2D eigenvalue weighted by Crippen LogP contribution is -2.65. The van der Waals surface area contributed by atoms with Crippen molar-refractivity contribution in [2.45, 2.75) is 112 Å². The molecule has 0 amide bonds. The van der Waals surface area contributed by atoms with Gasteiger partial charge in [0.05, 0.1) is 17.6 Å². The molecule has 4 heteroatoms. The van der Waals surface area contributed by atoms with Crippen LogP contribution in [0.15, 0.2) is 11.6 Å². The summed E-state index contributed by atoms with van der Waals surface area (Å²) in [6, 6.07) is 0. The molecule has 4 fully saturated rings. The number of allylic oxidation sites excluding steroid dienone is 2. The van der Waals surface area contributed by atoms with E-state index in [-0.39, 0.29) is 33.5 Å². The van der Waals surface area contributed by atoms with Crippen LogP contribution in [0.4, 0.5) is 0 Å². The van der Waals surface area contributed by atoms with Crippen LogP contribution in [0.1, 0.15) is 99.3 Å². The molecular weight excluding hydrogens is 412 g/mol. The number of carboxylic acid groups (broad SMARTS) is 1. The average Bonchev–Trinajstić information content (AvgIpc) is 2.72. The number of hydrogen-bond acceptors (Lipinski definition) is 3. The zero-order valence-electron chi connectivity index (χ0n) is 21.7. The van der Waals surface area contributed by atoms with E-state index in [1.807, 2.05) is 0 Å². The SMILES string of the molecule is CC1C2CCC3(C)C(CC=C4C5CC(C)(C)CCC5(C(=O)O)CC[C@]43C)C2(C)C[C@@H](O)[C@H]1O. The Morgan fingerprint density at radius 1 is 0.970 bits per heavy atom. The molecule has 0 saturated heterocycles. The van der Waals surface area contributed by atoms with E-state index < -0.39 is 23.6 Å². The first-order valence-corrected chi connectivity index (χ1v) is 13.5. The van der Waals surface area contributed by atoms with E-state index in [2.05, 4.69) is 47.6 Å². The first-order valence-electron chi connectivity index (χ1n) is 13.5.